The van der Waals surface area contributed by atoms with Gasteiger partial charge in [-0.1, -0.05) is 60.7 Å². The summed E-state index contributed by atoms with van der Waals surface area (Å²) in [5, 5.41) is 0. The van der Waals surface area contributed by atoms with Gasteiger partial charge in [0.25, 0.3) is 0 Å². The van der Waals surface area contributed by atoms with E-state index in [2.05, 4.69) is 4.90 Å². The number of amides is 2. The molecule has 27 heavy (non-hydrogen) atoms. The van der Waals surface area contributed by atoms with Gasteiger partial charge in [0, 0.05) is 19.6 Å². The van der Waals surface area contributed by atoms with Crippen LogP contribution in [-0.2, 0) is 22.7 Å². The summed E-state index contributed by atoms with van der Waals surface area (Å²) in [6, 6.07) is 20.1. The van der Waals surface area contributed by atoms with Crippen LogP contribution < -0.4 is 5.73 Å². The van der Waals surface area contributed by atoms with Crippen molar-refractivity contribution in [1.29, 1.82) is 0 Å². The summed E-state index contributed by atoms with van der Waals surface area (Å²) in [6.07, 6.45) is 1.72. The van der Waals surface area contributed by atoms with Crippen LogP contribution in [0.3, 0.4) is 0 Å². The number of primary amides is 1. The SMILES string of the molecule is NC(=O)[C@@H]1CCCN(CC(=O)N(Cc2ccccc2)Cc2ccccc2)C1. The molecule has 0 aromatic heterocycles. The quantitative estimate of drug-likeness (QED) is 0.819. The first kappa shape index (κ1) is 19.1. The molecule has 1 aliphatic heterocycles. The zero-order valence-electron chi connectivity index (χ0n) is 15.6. The number of rotatable bonds is 7. The van der Waals surface area contributed by atoms with Gasteiger partial charge in [-0.05, 0) is 30.5 Å². The minimum Gasteiger partial charge on any atom is -0.369 e. The normalized spacial score (nSPS) is 17.4. The van der Waals surface area contributed by atoms with Crippen molar-refractivity contribution in [3.05, 3.63) is 71.8 Å². The molecular formula is C22H27N3O2. The van der Waals surface area contributed by atoms with Gasteiger partial charge in [0.15, 0.2) is 0 Å². The Morgan fingerprint density at radius 2 is 1.52 bits per heavy atom. The summed E-state index contributed by atoms with van der Waals surface area (Å²) in [5.74, 6) is -0.339. The number of hydrogen-bond donors (Lipinski definition) is 1. The van der Waals surface area contributed by atoms with Gasteiger partial charge in [-0.25, -0.2) is 0 Å². The van der Waals surface area contributed by atoms with Crippen LogP contribution in [0, 0.1) is 5.92 Å². The molecule has 2 aromatic carbocycles. The van der Waals surface area contributed by atoms with E-state index < -0.39 is 0 Å². The van der Waals surface area contributed by atoms with Crippen molar-refractivity contribution >= 4 is 11.8 Å². The largest absolute Gasteiger partial charge is 0.369 e. The predicted molar refractivity (Wildman–Crippen MR) is 105 cm³/mol. The molecule has 2 N–H and O–H groups in total. The van der Waals surface area contributed by atoms with Crippen molar-refractivity contribution in [1.82, 2.24) is 9.80 Å². The van der Waals surface area contributed by atoms with E-state index in [0.29, 0.717) is 26.2 Å². The lowest BCUT2D eigenvalue weighted by atomic mass is 9.97. The fourth-order valence-electron chi connectivity index (χ4n) is 3.56. The van der Waals surface area contributed by atoms with Crippen LogP contribution in [0.4, 0.5) is 0 Å². The molecule has 1 saturated heterocycles. The number of hydrogen-bond acceptors (Lipinski definition) is 3. The van der Waals surface area contributed by atoms with Gasteiger partial charge >= 0.3 is 0 Å². The lowest BCUT2D eigenvalue weighted by Gasteiger charge is -2.32. The van der Waals surface area contributed by atoms with E-state index in [0.717, 1.165) is 30.5 Å². The summed E-state index contributed by atoms with van der Waals surface area (Å²) < 4.78 is 0. The molecule has 1 aliphatic rings. The highest BCUT2D eigenvalue weighted by Gasteiger charge is 2.26. The van der Waals surface area contributed by atoms with Crippen molar-refractivity contribution in [3.8, 4) is 0 Å². The molecule has 2 aromatic rings. The highest BCUT2D eigenvalue weighted by Crippen LogP contribution is 2.17. The van der Waals surface area contributed by atoms with Gasteiger partial charge in [0.2, 0.25) is 11.8 Å². The lowest BCUT2D eigenvalue weighted by Crippen LogP contribution is -2.46. The van der Waals surface area contributed by atoms with Gasteiger partial charge in [-0.15, -0.1) is 0 Å². The third-order valence-corrected chi connectivity index (χ3v) is 5.05. The van der Waals surface area contributed by atoms with Gasteiger partial charge in [0.05, 0.1) is 12.5 Å². The summed E-state index contributed by atoms with van der Waals surface area (Å²) in [4.78, 5) is 28.5. The van der Waals surface area contributed by atoms with Gasteiger partial charge < -0.3 is 10.6 Å². The monoisotopic (exact) mass is 365 g/mol. The average molecular weight is 365 g/mol. The second kappa shape index (κ2) is 9.33. The van der Waals surface area contributed by atoms with E-state index in [4.69, 9.17) is 5.73 Å². The Labute approximate surface area is 160 Å². The number of nitrogens with zero attached hydrogens (tertiary/aromatic N) is 2. The molecule has 2 amide bonds. The third-order valence-electron chi connectivity index (χ3n) is 5.05. The Bertz CT molecular complexity index is 707. The Balaban J connectivity index is 1.69. The smallest absolute Gasteiger partial charge is 0.237 e. The van der Waals surface area contributed by atoms with Crippen molar-refractivity contribution in [2.75, 3.05) is 19.6 Å². The molecule has 3 rings (SSSR count). The molecule has 142 valence electrons. The molecule has 0 spiro atoms. The molecule has 5 heteroatoms. The van der Waals surface area contributed by atoms with E-state index in [-0.39, 0.29) is 17.7 Å². The van der Waals surface area contributed by atoms with E-state index in [1.807, 2.05) is 65.6 Å². The molecule has 0 aliphatic carbocycles. The number of carbonyl (C=O) groups is 2. The van der Waals surface area contributed by atoms with Gasteiger partial charge in [0.1, 0.15) is 0 Å². The van der Waals surface area contributed by atoms with Crippen LogP contribution in [-0.4, -0.2) is 41.2 Å². The van der Waals surface area contributed by atoms with Crippen molar-refractivity contribution in [2.45, 2.75) is 25.9 Å². The van der Waals surface area contributed by atoms with Crippen LogP contribution >= 0.6 is 0 Å². The maximum atomic E-state index is 13.1. The Kier molecular flexibility index (Phi) is 6.60. The standard InChI is InChI=1S/C22H27N3O2/c23-22(27)20-12-7-13-24(16-20)17-21(26)25(14-18-8-3-1-4-9-18)15-19-10-5-2-6-11-19/h1-6,8-11,20H,7,12-17H2,(H2,23,27)/t20-/m1/s1. The molecule has 1 fully saturated rings. The fourth-order valence-corrected chi connectivity index (χ4v) is 3.56. The molecule has 1 atom stereocenters. The first-order valence-electron chi connectivity index (χ1n) is 9.49. The molecule has 0 radical (unpaired) electrons. The molecule has 0 bridgehead atoms. The number of carbonyl (C=O) groups excluding carboxylic acids is 2. The van der Waals surface area contributed by atoms with Crippen LogP contribution in [0.15, 0.2) is 60.7 Å². The summed E-state index contributed by atoms with van der Waals surface area (Å²) in [6.45, 7) is 2.87. The van der Waals surface area contributed by atoms with Crippen molar-refractivity contribution in [3.63, 3.8) is 0 Å². The molecule has 0 unspecified atom stereocenters. The maximum absolute atomic E-state index is 13.1. The van der Waals surface area contributed by atoms with E-state index in [9.17, 15) is 9.59 Å². The topological polar surface area (TPSA) is 66.6 Å². The van der Waals surface area contributed by atoms with E-state index in [1.165, 1.54) is 0 Å². The molecule has 1 heterocycles. The summed E-state index contributed by atoms with van der Waals surface area (Å²) in [7, 11) is 0. The fraction of sp³-hybridized carbons (Fsp3) is 0.364. The van der Waals surface area contributed by atoms with Crippen molar-refractivity contribution < 1.29 is 9.59 Å². The van der Waals surface area contributed by atoms with E-state index in [1.54, 1.807) is 0 Å². The van der Waals surface area contributed by atoms with Crippen LogP contribution in [0.5, 0.6) is 0 Å². The van der Waals surface area contributed by atoms with Gasteiger partial charge in [-0.3, -0.25) is 14.5 Å². The van der Waals surface area contributed by atoms with E-state index >= 15 is 0 Å². The third kappa shape index (κ3) is 5.66. The minimum absolute atomic E-state index is 0.0767. The molecule has 5 nitrogen and oxygen atoms in total. The number of benzene rings is 2. The second-order valence-corrected chi connectivity index (χ2v) is 7.20. The molecular weight excluding hydrogens is 338 g/mol. The van der Waals surface area contributed by atoms with Crippen LogP contribution in [0.2, 0.25) is 0 Å². The summed E-state index contributed by atoms with van der Waals surface area (Å²) >= 11 is 0. The predicted octanol–water partition coefficient (Wildman–Crippen LogP) is 2.41. The maximum Gasteiger partial charge on any atom is 0.237 e. The second-order valence-electron chi connectivity index (χ2n) is 7.20. The minimum atomic E-state index is -0.266. The average Bonchev–Trinajstić information content (AvgIpc) is 2.69. The Morgan fingerprint density at radius 1 is 0.963 bits per heavy atom. The number of likely N-dealkylation sites (tertiary alicyclic amines) is 1. The van der Waals surface area contributed by atoms with Crippen molar-refractivity contribution in [2.24, 2.45) is 11.7 Å². The molecule has 0 saturated carbocycles. The Hall–Kier alpha value is -2.66. The highest BCUT2D eigenvalue weighted by molar-refractivity contribution is 5.79. The van der Waals surface area contributed by atoms with Gasteiger partial charge in [-0.2, -0.15) is 0 Å². The lowest BCUT2D eigenvalue weighted by molar-refractivity contribution is -0.135. The zero-order chi connectivity index (χ0) is 19.1. The first-order valence-corrected chi connectivity index (χ1v) is 9.49. The number of piperidine rings is 1. The van der Waals surface area contributed by atoms with Crippen LogP contribution in [0.1, 0.15) is 24.0 Å². The summed E-state index contributed by atoms with van der Waals surface area (Å²) in [5.41, 5.74) is 7.68. The first-order chi connectivity index (χ1) is 13.1. The highest BCUT2D eigenvalue weighted by atomic mass is 16.2. The van der Waals surface area contributed by atoms with Crippen LogP contribution in [0.25, 0.3) is 0 Å². The number of nitrogens with two attached hydrogens (primary N) is 1. The Morgan fingerprint density at radius 3 is 2.04 bits per heavy atom. The zero-order valence-corrected chi connectivity index (χ0v) is 15.6.